The second kappa shape index (κ2) is 18.2. The van der Waals surface area contributed by atoms with Crippen molar-refractivity contribution in [1.82, 2.24) is 39.8 Å². The summed E-state index contributed by atoms with van der Waals surface area (Å²) in [5.74, 6) is -2.57. The molecule has 6 bridgehead atoms. The molecule has 6 aromatic rings. The number of methoxy groups -OCH3 is 1. The van der Waals surface area contributed by atoms with Crippen LogP contribution >= 0.6 is 11.3 Å². The van der Waals surface area contributed by atoms with Crippen molar-refractivity contribution >= 4 is 51.1 Å². The van der Waals surface area contributed by atoms with Gasteiger partial charge < -0.3 is 28.7 Å². The van der Waals surface area contributed by atoms with Gasteiger partial charge in [-0.2, -0.15) is 0 Å². The smallest absolute Gasteiger partial charge is 0.324 e. The maximum absolute atomic E-state index is 15.0. The van der Waals surface area contributed by atoms with Gasteiger partial charge in [-0.1, -0.05) is 33.4 Å². The molecule has 3 aliphatic rings. The maximum atomic E-state index is 15.0. The average Bonchev–Trinajstić information content (AvgIpc) is 3.60. The Bertz CT molecular complexity index is 2840. The van der Waals surface area contributed by atoms with Crippen LogP contribution in [0.2, 0.25) is 0 Å². The van der Waals surface area contributed by atoms with Crippen molar-refractivity contribution < 1.29 is 28.6 Å². The quantitative estimate of drug-likeness (QED) is 0.128. The van der Waals surface area contributed by atoms with Gasteiger partial charge in [0.15, 0.2) is 0 Å². The SMILES string of the molecule is C=C(NC(=O)[C@@H]1[C@@H](C)[C@H]1c1ccc2c(ccn2C)n1)[C@@H]1C(=O)N2CCC[C@H](N2)C(=O)OCC(C)(C)Cc2c(-c3cccnc3[C@H](C)OC)n(CC)c3ccc(cc23)-c2csc(n2)[C@H]1OCC. The highest BCUT2D eigenvalue weighted by molar-refractivity contribution is 7.10. The van der Waals surface area contributed by atoms with Crippen LogP contribution in [-0.2, 0) is 48.6 Å². The van der Waals surface area contributed by atoms with E-state index in [0.717, 1.165) is 61.4 Å². The molecule has 7 atom stereocenters. The van der Waals surface area contributed by atoms with Gasteiger partial charge in [0.25, 0.3) is 0 Å². The van der Waals surface area contributed by atoms with Crippen LogP contribution in [0.4, 0.5) is 0 Å². The molecule has 5 aromatic heterocycles. The molecular weight excluding hydrogens is 853 g/mol. The summed E-state index contributed by atoms with van der Waals surface area (Å²) in [5, 5.41) is 8.16. The Morgan fingerprint density at radius 3 is 2.70 bits per heavy atom. The van der Waals surface area contributed by atoms with Crippen LogP contribution in [0.15, 0.2) is 78.6 Å². The van der Waals surface area contributed by atoms with Crippen molar-refractivity contribution in [1.29, 1.82) is 0 Å². The fraction of sp³-hybridized carbons (Fsp3) is 0.451. The molecule has 9 rings (SSSR count). The Labute approximate surface area is 389 Å². The molecule has 1 aliphatic carbocycles. The van der Waals surface area contributed by atoms with Crippen molar-refractivity contribution in [2.24, 2.45) is 30.2 Å². The number of carbonyl (C=O) groups is 3. The summed E-state index contributed by atoms with van der Waals surface area (Å²) in [4.78, 5) is 58.2. The zero-order valence-corrected chi connectivity index (χ0v) is 39.9. The first-order valence-electron chi connectivity index (χ1n) is 23.1. The third-order valence-corrected chi connectivity index (χ3v) is 14.6. The van der Waals surface area contributed by atoms with Gasteiger partial charge in [-0.3, -0.25) is 29.4 Å². The number of nitrogens with one attached hydrogen (secondary N) is 2. The van der Waals surface area contributed by atoms with Gasteiger partial charge in [0, 0.05) is 96.4 Å². The van der Waals surface area contributed by atoms with E-state index < -0.39 is 29.4 Å². The number of esters is 1. The minimum Gasteiger partial charge on any atom is -0.464 e. The number of hydrogen-bond acceptors (Lipinski definition) is 11. The predicted octanol–water partition coefficient (Wildman–Crippen LogP) is 8.44. The number of nitrogens with zero attached hydrogens (tertiary/aromatic N) is 6. The van der Waals surface area contributed by atoms with E-state index in [1.165, 1.54) is 16.3 Å². The van der Waals surface area contributed by atoms with Crippen LogP contribution in [0, 0.1) is 23.2 Å². The number of pyridine rings is 2. The number of thiazole rings is 1. The molecular formula is C51H60N8O6S. The predicted molar refractivity (Wildman–Crippen MR) is 255 cm³/mol. The summed E-state index contributed by atoms with van der Waals surface area (Å²) in [6.45, 7) is 18.1. The zero-order chi connectivity index (χ0) is 46.6. The Morgan fingerprint density at radius 1 is 1.12 bits per heavy atom. The molecule has 2 amide bonds. The number of amides is 2. The van der Waals surface area contributed by atoms with E-state index in [-0.39, 0.29) is 54.6 Å². The fourth-order valence-electron chi connectivity index (χ4n) is 10.1. The molecule has 346 valence electrons. The third-order valence-electron chi connectivity index (χ3n) is 13.7. The molecule has 0 spiro atoms. The monoisotopic (exact) mass is 912 g/mol. The first kappa shape index (κ1) is 45.4. The second-order valence-electron chi connectivity index (χ2n) is 18.8. The van der Waals surface area contributed by atoms with Crippen LogP contribution < -0.4 is 10.7 Å². The molecule has 1 saturated carbocycles. The number of hydrazine groups is 1. The van der Waals surface area contributed by atoms with Gasteiger partial charge in [-0.15, -0.1) is 11.3 Å². The first-order valence-corrected chi connectivity index (χ1v) is 24.0. The molecule has 15 heteroatoms. The molecule has 2 aliphatic heterocycles. The molecule has 2 N–H and O–H groups in total. The van der Waals surface area contributed by atoms with Crippen molar-refractivity contribution in [3.63, 3.8) is 0 Å². The standard InChI is InChI=1S/C51H60N8O6S/c1-10-58-39-18-16-31-24-33(39)34(45(58)32-14-12-21-52-44(32)30(5)63-9)25-51(6,7)27-65-50(62)37-15-13-22-59(56-37)49(61)43(46(64-11-2)48-55-38(31)26-66-48)29(4)53-47(60)42-28(3)41(42)36-17-19-40-35(54-36)20-23-57(40)8/h12,14,16-21,23-24,26,28,30,37,41-43,46,56H,4,10-11,13,15,22,25,27H2,1-3,5-9H3,(H,53,60)/t28-,30-,37-,41-,42+,43-,46-/m0/s1. The number of carbonyl (C=O) groups excluding carboxylic acids is 3. The molecule has 0 radical (unpaired) electrons. The summed E-state index contributed by atoms with van der Waals surface area (Å²) in [6.07, 6.45) is 4.24. The van der Waals surface area contributed by atoms with E-state index in [9.17, 15) is 9.59 Å². The topological polar surface area (TPSA) is 155 Å². The Balaban J connectivity index is 1.12. The number of hydrogen-bond donors (Lipinski definition) is 2. The van der Waals surface area contributed by atoms with E-state index >= 15 is 4.79 Å². The molecule has 14 nitrogen and oxygen atoms in total. The highest BCUT2D eigenvalue weighted by Crippen LogP contribution is 2.54. The van der Waals surface area contributed by atoms with Crippen molar-refractivity contribution in [2.45, 2.75) is 91.5 Å². The number of cyclic esters (lactones) is 1. The van der Waals surface area contributed by atoms with Gasteiger partial charge >= 0.3 is 5.97 Å². The number of aromatic nitrogens is 5. The normalized spacial score (nSPS) is 23.7. The van der Waals surface area contributed by atoms with E-state index in [1.807, 2.05) is 68.2 Å². The van der Waals surface area contributed by atoms with Crippen LogP contribution in [0.3, 0.4) is 0 Å². The largest absolute Gasteiger partial charge is 0.464 e. The van der Waals surface area contributed by atoms with Gasteiger partial charge in [-0.25, -0.2) is 10.4 Å². The van der Waals surface area contributed by atoms with Gasteiger partial charge in [0.2, 0.25) is 11.8 Å². The van der Waals surface area contributed by atoms with Gasteiger partial charge in [0.05, 0.1) is 46.7 Å². The Morgan fingerprint density at radius 2 is 1.92 bits per heavy atom. The second-order valence-corrected chi connectivity index (χ2v) is 19.7. The fourth-order valence-corrected chi connectivity index (χ4v) is 11.0. The number of fused-ring (bicyclic) bond motifs is 7. The summed E-state index contributed by atoms with van der Waals surface area (Å²) >= 11 is 1.40. The lowest BCUT2D eigenvalue weighted by Gasteiger charge is -2.37. The summed E-state index contributed by atoms with van der Waals surface area (Å²) in [6, 6.07) is 15.7. The lowest BCUT2D eigenvalue weighted by atomic mass is 9.84. The lowest BCUT2D eigenvalue weighted by Crippen LogP contribution is -2.58. The Hall–Kier alpha value is -5.74. The average molecular weight is 913 g/mol. The van der Waals surface area contributed by atoms with E-state index in [1.54, 1.807) is 13.3 Å². The molecule has 7 heterocycles. The molecule has 1 aromatic carbocycles. The van der Waals surface area contributed by atoms with Gasteiger partial charge in [-0.05, 0) is 94.0 Å². The minimum absolute atomic E-state index is 0.0284. The van der Waals surface area contributed by atoms with Crippen LogP contribution in [0.25, 0.3) is 44.5 Å². The highest BCUT2D eigenvalue weighted by atomic mass is 32.1. The van der Waals surface area contributed by atoms with E-state index in [0.29, 0.717) is 37.4 Å². The molecule has 2 fully saturated rings. The van der Waals surface area contributed by atoms with Gasteiger partial charge in [0.1, 0.15) is 23.1 Å². The highest BCUT2D eigenvalue weighted by Gasteiger charge is 2.54. The Kier molecular flexibility index (Phi) is 12.5. The van der Waals surface area contributed by atoms with Crippen molar-refractivity contribution in [2.75, 3.05) is 26.9 Å². The zero-order valence-electron chi connectivity index (χ0n) is 39.1. The number of benzene rings is 1. The van der Waals surface area contributed by atoms with E-state index in [4.69, 9.17) is 29.2 Å². The third kappa shape index (κ3) is 8.35. The summed E-state index contributed by atoms with van der Waals surface area (Å²) in [5.41, 5.74) is 12.3. The summed E-state index contributed by atoms with van der Waals surface area (Å²) in [7, 11) is 3.68. The number of rotatable bonds is 10. The maximum Gasteiger partial charge on any atom is 0.324 e. The van der Waals surface area contributed by atoms with E-state index in [2.05, 4.69) is 66.9 Å². The lowest BCUT2D eigenvalue weighted by molar-refractivity contribution is -0.156. The van der Waals surface area contributed by atoms with Crippen LogP contribution in [-0.4, -0.2) is 79.8 Å². The number of aryl methyl sites for hydroxylation is 2. The summed E-state index contributed by atoms with van der Waals surface area (Å²) < 4.78 is 22.8. The number of ether oxygens (including phenoxy) is 3. The molecule has 0 unspecified atom stereocenters. The molecule has 66 heavy (non-hydrogen) atoms. The minimum atomic E-state index is -1.09. The van der Waals surface area contributed by atoms with Crippen molar-refractivity contribution in [3.8, 4) is 22.5 Å². The first-order chi connectivity index (χ1) is 31.7. The van der Waals surface area contributed by atoms with Crippen LogP contribution in [0.5, 0.6) is 0 Å². The molecule has 1 saturated heterocycles. The van der Waals surface area contributed by atoms with Crippen molar-refractivity contribution in [3.05, 3.63) is 101 Å². The van der Waals surface area contributed by atoms with Crippen LogP contribution in [0.1, 0.15) is 94.5 Å².